The largest absolute Gasteiger partial charge is 0.490 e. The van der Waals surface area contributed by atoms with E-state index in [0.717, 1.165) is 22.1 Å². The Morgan fingerprint density at radius 3 is 2.58 bits per heavy atom. The van der Waals surface area contributed by atoms with E-state index in [9.17, 15) is 14.9 Å². The molecule has 228 valence electrons. The van der Waals surface area contributed by atoms with Gasteiger partial charge in [0.2, 0.25) is 0 Å². The van der Waals surface area contributed by atoms with Gasteiger partial charge < -0.3 is 14.8 Å². The number of nitro groups is 1. The van der Waals surface area contributed by atoms with Gasteiger partial charge in [-0.3, -0.25) is 14.9 Å². The number of hydrazone groups is 1. The predicted molar refractivity (Wildman–Crippen MR) is 180 cm³/mol. The van der Waals surface area contributed by atoms with Crippen molar-refractivity contribution in [3.63, 3.8) is 0 Å². The van der Waals surface area contributed by atoms with Crippen LogP contribution in [0.15, 0.2) is 99.9 Å². The first kappa shape index (κ1) is 31.4. The summed E-state index contributed by atoms with van der Waals surface area (Å²) >= 11 is 5.02. The van der Waals surface area contributed by atoms with Gasteiger partial charge in [-0.2, -0.15) is 5.10 Å². The van der Waals surface area contributed by atoms with E-state index in [0.29, 0.717) is 39.3 Å². The molecule has 12 heteroatoms. The SMILES string of the molecule is CCOc1cc(/C=N\NC(=O)c2ccc(-c3csc(Nc4ccc(C)cc4)n3)cc2)cc(Br)c1OCc1cccc([N+](=O)[O-])c1. The van der Waals surface area contributed by atoms with Crippen LogP contribution in [0.3, 0.4) is 0 Å². The summed E-state index contributed by atoms with van der Waals surface area (Å²) in [4.78, 5) is 28.0. The Morgan fingerprint density at radius 1 is 1.07 bits per heavy atom. The number of anilines is 2. The Balaban J connectivity index is 1.20. The summed E-state index contributed by atoms with van der Waals surface area (Å²) in [5, 5.41) is 21.3. The smallest absolute Gasteiger partial charge is 0.271 e. The Morgan fingerprint density at radius 2 is 1.84 bits per heavy atom. The van der Waals surface area contributed by atoms with E-state index in [1.165, 1.54) is 35.2 Å². The van der Waals surface area contributed by atoms with Crippen LogP contribution in [0.4, 0.5) is 16.5 Å². The van der Waals surface area contributed by atoms with Gasteiger partial charge in [-0.05, 0) is 77.3 Å². The Bertz CT molecular complexity index is 1840. The van der Waals surface area contributed by atoms with Crippen LogP contribution in [0.2, 0.25) is 0 Å². The molecule has 1 aromatic heterocycles. The van der Waals surface area contributed by atoms with Crippen LogP contribution in [-0.4, -0.2) is 28.6 Å². The fourth-order valence-corrected chi connectivity index (χ4v) is 5.54. The highest BCUT2D eigenvalue weighted by atomic mass is 79.9. The zero-order valence-corrected chi connectivity index (χ0v) is 26.7. The van der Waals surface area contributed by atoms with Crippen molar-refractivity contribution in [1.82, 2.24) is 10.4 Å². The summed E-state index contributed by atoms with van der Waals surface area (Å²) in [6, 6.07) is 25.0. The lowest BCUT2D eigenvalue weighted by Gasteiger charge is -2.14. The number of aromatic nitrogens is 1. The van der Waals surface area contributed by atoms with Crippen LogP contribution in [0.5, 0.6) is 11.5 Å². The van der Waals surface area contributed by atoms with Gasteiger partial charge in [-0.1, -0.05) is 42.0 Å². The number of hydrogen-bond acceptors (Lipinski definition) is 9. The maximum Gasteiger partial charge on any atom is 0.271 e. The zero-order valence-electron chi connectivity index (χ0n) is 24.3. The lowest BCUT2D eigenvalue weighted by Crippen LogP contribution is -2.17. The zero-order chi connectivity index (χ0) is 31.8. The number of rotatable bonds is 12. The third-order valence-corrected chi connectivity index (χ3v) is 7.81. The standard InChI is InChI=1S/C33H28BrN5O5S/c1-3-43-30-17-23(16-28(34)31(30)44-19-22-5-4-6-27(15-22)39(41)42)18-35-38-32(40)25-11-9-24(10-12-25)29-20-45-33(37-29)36-26-13-7-21(2)8-14-26/h4-18,20H,3,19H2,1-2H3,(H,36,37)(H,38,40)/b35-18-. The molecule has 0 aliphatic carbocycles. The quantitative estimate of drug-likeness (QED) is 0.0768. The molecule has 0 bridgehead atoms. The molecule has 0 atom stereocenters. The highest BCUT2D eigenvalue weighted by molar-refractivity contribution is 9.10. The van der Waals surface area contributed by atoms with Crippen molar-refractivity contribution in [2.45, 2.75) is 20.5 Å². The predicted octanol–water partition coefficient (Wildman–Crippen LogP) is 8.27. The molecule has 4 aromatic carbocycles. The summed E-state index contributed by atoms with van der Waals surface area (Å²) in [6.07, 6.45) is 1.50. The van der Waals surface area contributed by atoms with Gasteiger partial charge in [0, 0.05) is 34.3 Å². The number of nitro benzene ring substituents is 1. The van der Waals surface area contributed by atoms with Gasteiger partial charge in [0.1, 0.15) is 6.61 Å². The summed E-state index contributed by atoms with van der Waals surface area (Å²) < 4.78 is 12.3. The van der Waals surface area contributed by atoms with E-state index in [1.807, 2.05) is 55.6 Å². The topological polar surface area (TPSA) is 128 Å². The molecule has 0 saturated carbocycles. The van der Waals surface area contributed by atoms with Gasteiger partial charge in [-0.25, -0.2) is 10.4 Å². The van der Waals surface area contributed by atoms with Crippen molar-refractivity contribution in [2.24, 2.45) is 5.10 Å². The first-order valence-corrected chi connectivity index (χ1v) is 15.5. The summed E-state index contributed by atoms with van der Waals surface area (Å²) in [5.74, 6) is 0.543. The van der Waals surface area contributed by atoms with Crippen molar-refractivity contribution in [3.8, 4) is 22.8 Å². The second-order valence-electron chi connectivity index (χ2n) is 9.78. The number of non-ortho nitro benzene ring substituents is 1. The van der Waals surface area contributed by atoms with Crippen LogP contribution in [0.25, 0.3) is 11.3 Å². The number of halogens is 1. The van der Waals surface area contributed by atoms with Crippen molar-refractivity contribution in [2.75, 3.05) is 11.9 Å². The molecule has 0 radical (unpaired) electrons. The van der Waals surface area contributed by atoms with E-state index in [4.69, 9.17) is 9.47 Å². The minimum absolute atomic E-state index is 0.00932. The van der Waals surface area contributed by atoms with Gasteiger partial charge >= 0.3 is 0 Å². The number of benzene rings is 4. The third kappa shape index (κ3) is 8.31. The molecule has 0 aliphatic rings. The first-order chi connectivity index (χ1) is 21.8. The molecule has 5 rings (SSSR count). The summed E-state index contributed by atoms with van der Waals surface area (Å²) in [7, 11) is 0. The van der Waals surface area contributed by atoms with Crippen LogP contribution >= 0.6 is 27.3 Å². The molecular formula is C33H28BrN5O5S. The molecule has 0 spiro atoms. The number of amides is 1. The normalized spacial score (nSPS) is 10.9. The monoisotopic (exact) mass is 685 g/mol. The Kier molecular flexibility index (Phi) is 10.2. The number of carbonyl (C=O) groups is 1. The molecule has 0 aliphatic heterocycles. The Labute approximate surface area is 272 Å². The van der Waals surface area contributed by atoms with Crippen molar-refractivity contribution >= 4 is 55.9 Å². The lowest BCUT2D eigenvalue weighted by molar-refractivity contribution is -0.384. The average molecular weight is 687 g/mol. The number of thiazole rings is 1. The number of carbonyl (C=O) groups excluding carboxylic acids is 1. The van der Waals surface area contributed by atoms with Gasteiger partial charge in [-0.15, -0.1) is 11.3 Å². The average Bonchev–Trinajstić information content (AvgIpc) is 3.50. The van der Waals surface area contributed by atoms with Crippen LogP contribution in [0, 0.1) is 17.0 Å². The van der Waals surface area contributed by atoms with Crippen LogP contribution < -0.4 is 20.2 Å². The fourth-order valence-electron chi connectivity index (χ4n) is 4.23. The van der Waals surface area contributed by atoms with Crippen LogP contribution in [-0.2, 0) is 6.61 Å². The molecule has 0 unspecified atom stereocenters. The number of hydrogen-bond donors (Lipinski definition) is 2. The summed E-state index contributed by atoms with van der Waals surface area (Å²) in [6.45, 7) is 4.39. The van der Waals surface area contributed by atoms with E-state index in [2.05, 4.69) is 36.8 Å². The third-order valence-electron chi connectivity index (χ3n) is 6.47. The lowest BCUT2D eigenvalue weighted by atomic mass is 10.1. The van der Waals surface area contributed by atoms with E-state index in [-0.39, 0.29) is 18.2 Å². The van der Waals surface area contributed by atoms with E-state index in [1.54, 1.807) is 36.4 Å². The Hall–Kier alpha value is -5.07. The number of aryl methyl sites for hydroxylation is 1. The van der Waals surface area contributed by atoms with Gasteiger partial charge in [0.05, 0.1) is 27.9 Å². The second-order valence-corrected chi connectivity index (χ2v) is 11.5. The van der Waals surface area contributed by atoms with E-state index < -0.39 is 4.92 Å². The summed E-state index contributed by atoms with van der Waals surface area (Å²) in [5.41, 5.74) is 8.16. The molecule has 10 nitrogen and oxygen atoms in total. The first-order valence-electron chi connectivity index (χ1n) is 13.8. The second kappa shape index (κ2) is 14.6. The number of ether oxygens (including phenoxy) is 2. The maximum absolute atomic E-state index is 12.7. The number of nitrogens with zero attached hydrogens (tertiary/aromatic N) is 3. The van der Waals surface area contributed by atoms with Crippen molar-refractivity contribution in [3.05, 3.63) is 127 Å². The molecule has 45 heavy (non-hydrogen) atoms. The molecule has 2 N–H and O–H groups in total. The molecule has 5 aromatic rings. The highest BCUT2D eigenvalue weighted by Gasteiger charge is 2.14. The molecule has 1 amide bonds. The van der Waals surface area contributed by atoms with Gasteiger partial charge in [0.25, 0.3) is 11.6 Å². The minimum atomic E-state index is -0.448. The minimum Gasteiger partial charge on any atom is -0.490 e. The van der Waals surface area contributed by atoms with Crippen LogP contribution in [0.1, 0.15) is 34.0 Å². The van der Waals surface area contributed by atoms with Gasteiger partial charge in [0.15, 0.2) is 16.6 Å². The van der Waals surface area contributed by atoms with Crippen molar-refractivity contribution < 1.29 is 19.2 Å². The van der Waals surface area contributed by atoms with E-state index >= 15 is 0 Å². The maximum atomic E-state index is 12.7. The molecule has 0 saturated heterocycles. The molecular weight excluding hydrogens is 658 g/mol. The highest BCUT2D eigenvalue weighted by Crippen LogP contribution is 2.37. The fraction of sp³-hybridized carbons (Fsp3) is 0.121. The molecule has 0 fully saturated rings. The number of nitrogens with one attached hydrogen (secondary N) is 2. The molecule has 1 heterocycles. The van der Waals surface area contributed by atoms with Crippen molar-refractivity contribution in [1.29, 1.82) is 0 Å².